The van der Waals surface area contributed by atoms with Gasteiger partial charge in [0.25, 0.3) is 0 Å². The fourth-order valence-corrected chi connectivity index (χ4v) is 3.98. The number of carbonyl (C=O) groups is 2. The molecule has 2 rings (SSSR count). The van der Waals surface area contributed by atoms with Gasteiger partial charge in [-0.25, -0.2) is 13.8 Å². The number of carboxylic acids is 1. The lowest BCUT2D eigenvalue weighted by Gasteiger charge is -2.12. The molecule has 37 heavy (non-hydrogen) atoms. The normalized spacial score (nSPS) is 14.4. The van der Waals surface area contributed by atoms with E-state index in [0.717, 1.165) is 12.1 Å². The molecule has 0 saturated carbocycles. The maximum absolute atomic E-state index is 14.2. The van der Waals surface area contributed by atoms with Crippen LogP contribution in [-0.2, 0) is 25.3 Å². The number of hydrogen-bond acceptors (Lipinski definition) is 7. The zero-order valence-electron chi connectivity index (χ0n) is 19.9. The summed E-state index contributed by atoms with van der Waals surface area (Å²) in [6.07, 6.45) is -0.115. The molecule has 1 aromatic heterocycles. The molecule has 0 fully saturated rings. The van der Waals surface area contributed by atoms with E-state index in [2.05, 4.69) is 5.10 Å². The van der Waals surface area contributed by atoms with E-state index in [1.54, 1.807) is 6.92 Å². The highest BCUT2D eigenvalue weighted by Crippen LogP contribution is 2.35. The van der Waals surface area contributed by atoms with Crippen LogP contribution >= 0.6 is 30.6 Å². The molecule has 1 aromatic carbocycles. The molecule has 0 spiro atoms. The van der Waals surface area contributed by atoms with Gasteiger partial charge in [-0.1, -0.05) is 11.6 Å². The number of alkyl halides is 3. The molecule has 0 aliphatic heterocycles. The monoisotopic (exact) mass is 592 g/mol. The van der Waals surface area contributed by atoms with Gasteiger partial charge >= 0.3 is 24.2 Å². The lowest BCUT2D eigenvalue weighted by Crippen LogP contribution is -2.30. The summed E-state index contributed by atoms with van der Waals surface area (Å²) in [5.74, 6) is -3.06. The van der Waals surface area contributed by atoms with Gasteiger partial charge in [0.1, 0.15) is 22.9 Å². The Hall–Kier alpha value is -2.38. The Morgan fingerprint density at radius 2 is 1.92 bits per heavy atom. The molecule has 0 radical (unpaired) electrons. The molecule has 4 N–H and O–H groups in total. The number of carboxylic acid groups (broad SMARTS) is 1. The molecule has 0 aliphatic rings. The fraction of sp³-hybridized carbons (Fsp3) is 0.500. The van der Waals surface area contributed by atoms with Gasteiger partial charge < -0.3 is 20.5 Å². The number of carbonyl (C=O) groups excluding carboxylic acids is 1. The highest BCUT2D eigenvalue weighted by Gasteiger charge is 2.23. The van der Waals surface area contributed by atoms with Crippen LogP contribution in [0.1, 0.15) is 31.3 Å². The Bertz CT molecular complexity index is 1220. The molecule has 3 unspecified atom stereocenters. The first kappa shape index (κ1) is 32.6. The van der Waals surface area contributed by atoms with Crippen molar-refractivity contribution in [3.63, 3.8) is 0 Å². The van der Waals surface area contributed by atoms with E-state index in [0.29, 0.717) is 4.68 Å². The Morgan fingerprint density at radius 3 is 2.38 bits per heavy atom. The summed E-state index contributed by atoms with van der Waals surface area (Å²) in [6, 6.07) is 0.996. The SMILES string of the molecule is CCOC(=O)C(Cl)Cc1cc(-n2nc(C)n(C(F)F)c2=O)c(F)cc1Cl.CP(=O)(O)CCC(N)C(=O)O. The van der Waals surface area contributed by atoms with Gasteiger partial charge in [0.2, 0.25) is 0 Å². The quantitative estimate of drug-likeness (QED) is 0.213. The number of halogens is 5. The maximum atomic E-state index is 14.2. The Labute approximate surface area is 219 Å². The minimum atomic E-state index is -3.12. The molecule has 0 aliphatic carbocycles. The van der Waals surface area contributed by atoms with Gasteiger partial charge in [0, 0.05) is 24.3 Å². The number of benzene rings is 1. The molecular weight excluding hydrogens is 567 g/mol. The van der Waals surface area contributed by atoms with Gasteiger partial charge in [-0.3, -0.25) is 14.2 Å². The van der Waals surface area contributed by atoms with Crippen LogP contribution in [0.25, 0.3) is 5.69 Å². The van der Waals surface area contributed by atoms with E-state index in [-0.39, 0.29) is 52.3 Å². The van der Waals surface area contributed by atoms with Crippen molar-refractivity contribution in [2.45, 2.75) is 44.7 Å². The van der Waals surface area contributed by atoms with Crippen molar-refractivity contribution < 1.29 is 42.1 Å². The predicted molar refractivity (Wildman–Crippen MR) is 130 cm³/mol. The molecule has 0 bridgehead atoms. The van der Waals surface area contributed by atoms with Crippen molar-refractivity contribution in [3.05, 3.63) is 44.8 Å². The van der Waals surface area contributed by atoms with Crippen LogP contribution in [-0.4, -0.2) is 67.1 Å². The Morgan fingerprint density at radius 1 is 1.32 bits per heavy atom. The molecule has 1 heterocycles. The van der Waals surface area contributed by atoms with Gasteiger partial charge in [0.15, 0.2) is 13.2 Å². The summed E-state index contributed by atoms with van der Waals surface area (Å²) < 4.78 is 56.1. The third-order valence-corrected chi connectivity index (χ3v) is 6.41. The zero-order chi connectivity index (χ0) is 28.7. The molecular formula is C20H26Cl2F3N4O7P. The summed E-state index contributed by atoms with van der Waals surface area (Å²) in [6.45, 7) is 0.987. The maximum Gasteiger partial charge on any atom is 0.355 e. The van der Waals surface area contributed by atoms with E-state index in [9.17, 15) is 32.1 Å². The van der Waals surface area contributed by atoms with Crippen molar-refractivity contribution in [3.8, 4) is 5.69 Å². The van der Waals surface area contributed by atoms with Crippen LogP contribution in [0, 0.1) is 12.7 Å². The molecule has 208 valence electrons. The first-order valence-corrected chi connectivity index (χ1v) is 13.6. The summed E-state index contributed by atoms with van der Waals surface area (Å²) in [5, 5.41) is 10.8. The molecule has 11 nitrogen and oxygen atoms in total. The lowest BCUT2D eigenvalue weighted by atomic mass is 10.1. The second kappa shape index (κ2) is 14.0. The van der Waals surface area contributed by atoms with Crippen LogP contribution in [0.2, 0.25) is 5.02 Å². The van der Waals surface area contributed by atoms with Crippen molar-refractivity contribution in [2.24, 2.45) is 5.73 Å². The predicted octanol–water partition coefficient (Wildman–Crippen LogP) is 2.93. The average Bonchev–Trinajstić information content (AvgIpc) is 3.07. The van der Waals surface area contributed by atoms with Crippen molar-refractivity contribution in [2.75, 3.05) is 19.4 Å². The molecule has 0 amide bonds. The smallest absolute Gasteiger partial charge is 0.355 e. The number of esters is 1. The summed E-state index contributed by atoms with van der Waals surface area (Å²) in [5.41, 5.74) is 3.73. The molecule has 3 atom stereocenters. The standard InChI is InChI=1S/C15H14Cl2F3N3O3.C5H12NO4P/c1-3-26-13(24)10(17)4-8-5-12(11(18)6-9(8)16)23-15(25)22(14(19)20)7(2)21-23;1-11(9,10)3-2-4(6)5(7)8/h5-6,10,14H,3-4H2,1-2H3;4H,2-3,6H2,1H3,(H,7,8)(H,9,10). The zero-order valence-corrected chi connectivity index (χ0v) is 22.3. The van der Waals surface area contributed by atoms with Crippen LogP contribution in [0.3, 0.4) is 0 Å². The molecule has 2 aromatic rings. The third kappa shape index (κ3) is 9.78. The van der Waals surface area contributed by atoms with Crippen LogP contribution in [0.5, 0.6) is 0 Å². The first-order valence-electron chi connectivity index (χ1n) is 10.5. The molecule has 17 heteroatoms. The van der Waals surface area contributed by atoms with E-state index >= 15 is 0 Å². The van der Waals surface area contributed by atoms with Crippen LogP contribution in [0.15, 0.2) is 16.9 Å². The minimum Gasteiger partial charge on any atom is -0.480 e. The Balaban J connectivity index is 0.000000525. The topological polar surface area (TPSA) is 167 Å². The molecule has 0 saturated heterocycles. The third-order valence-electron chi connectivity index (χ3n) is 4.63. The summed E-state index contributed by atoms with van der Waals surface area (Å²) in [7, 11) is -3.10. The lowest BCUT2D eigenvalue weighted by molar-refractivity contribution is -0.142. The number of ether oxygens (including phenoxy) is 1. The van der Waals surface area contributed by atoms with Gasteiger partial charge in [0.05, 0.1) is 6.61 Å². The summed E-state index contributed by atoms with van der Waals surface area (Å²) >= 11 is 11.9. The highest BCUT2D eigenvalue weighted by molar-refractivity contribution is 7.57. The average molecular weight is 593 g/mol. The van der Waals surface area contributed by atoms with Gasteiger partial charge in [-0.2, -0.15) is 13.5 Å². The van der Waals surface area contributed by atoms with Gasteiger partial charge in [-0.05, 0) is 38.0 Å². The largest absolute Gasteiger partial charge is 0.480 e. The summed E-state index contributed by atoms with van der Waals surface area (Å²) in [4.78, 5) is 42.6. The fourth-order valence-electron chi connectivity index (χ4n) is 2.77. The second-order valence-corrected chi connectivity index (χ2v) is 11.2. The van der Waals surface area contributed by atoms with Crippen LogP contribution < -0.4 is 11.4 Å². The number of aromatic nitrogens is 3. The number of aliphatic carboxylic acids is 1. The van der Waals surface area contributed by atoms with Crippen molar-refractivity contribution >= 4 is 42.5 Å². The number of hydrogen-bond donors (Lipinski definition) is 3. The number of rotatable bonds is 10. The number of nitrogens with two attached hydrogens (primary N) is 1. The van der Waals surface area contributed by atoms with Crippen LogP contribution in [0.4, 0.5) is 13.2 Å². The highest BCUT2D eigenvalue weighted by atomic mass is 35.5. The number of aryl methyl sites for hydroxylation is 1. The first-order chi connectivity index (χ1) is 17.0. The second-order valence-electron chi connectivity index (χ2n) is 7.72. The Kier molecular flexibility index (Phi) is 12.3. The van der Waals surface area contributed by atoms with E-state index in [4.69, 9.17) is 43.7 Å². The van der Waals surface area contributed by atoms with E-state index in [1.165, 1.54) is 13.6 Å². The van der Waals surface area contributed by atoms with Crippen molar-refractivity contribution in [1.29, 1.82) is 0 Å². The minimum absolute atomic E-state index is 0.0412. The van der Waals surface area contributed by atoms with E-state index < -0.39 is 48.8 Å². The van der Waals surface area contributed by atoms with Crippen molar-refractivity contribution in [1.82, 2.24) is 14.3 Å². The number of nitrogens with zero attached hydrogens (tertiary/aromatic N) is 3. The van der Waals surface area contributed by atoms with Gasteiger partial charge in [-0.15, -0.1) is 16.7 Å². The van der Waals surface area contributed by atoms with E-state index in [1.807, 2.05) is 0 Å².